The zero-order valence-electron chi connectivity index (χ0n) is 15.4. The molecule has 0 radical (unpaired) electrons. The summed E-state index contributed by atoms with van der Waals surface area (Å²) in [5.41, 5.74) is 3.31. The topological polar surface area (TPSA) is 110 Å². The molecule has 0 bridgehead atoms. The van der Waals surface area contributed by atoms with E-state index in [1.54, 1.807) is 0 Å². The van der Waals surface area contributed by atoms with Gasteiger partial charge in [-0.1, -0.05) is 46.8 Å². The Morgan fingerprint density at radius 2 is 2.07 bits per heavy atom. The number of hydrogen-bond donors (Lipinski definition) is 2. The molecule has 2 N–H and O–H groups in total. The number of carbonyl (C=O) groups is 1. The number of hydrogen-bond acceptors (Lipinski definition) is 8. The standard InChI is InChI=1S/C18H16ClN5O3S2/c1-10-4-3-5-14(11(10)2)21-17-22-23-18(29-17)28-9-16(25)20-12-6-7-13(19)15(8-12)24(26)27/h3-8H,9H2,1-2H3,(H,20,25)(H,21,22). The van der Waals surface area contributed by atoms with Crippen molar-refractivity contribution in [3.63, 3.8) is 0 Å². The molecule has 0 aliphatic rings. The van der Waals surface area contributed by atoms with Gasteiger partial charge in [-0.25, -0.2) is 0 Å². The SMILES string of the molecule is Cc1cccc(Nc2nnc(SCC(=O)Nc3ccc(Cl)c([N+](=O)[O-])c3)s2)c1C. The monoisotopic (exact) mass is 449 g/mol. The molecule has 0 spiro atoms. The first-order chi connectivity index (χ1) is 13.8. The van der Waals surface area contributed by atoms with E-state index in [9.17, 15) is 14.9 Å². The summed E-state index contributed by atoms with van der Waals surface area (Å²) in [5.74, 6) is -0.222. The van der Waals surface area contributed by atoms with Gasteiger partial charge in [0.1, 0.15) is 5.02 Å². The molecule has 29 heavy (non-hydrogen) atoms. The van der Waals surface area contributed by atoms with Gasteiger partial charge in [0.15, 0.2) is 4.34 Å². The Kier molecular flexibility index (Phi) is 6.68. The van der Waals surface area contributed by atoms with Crippen molar-refractivity contribution in [2.45, 2.75) is 18.2 Å². The third kappa shape index (κ3) is 5.43. The number of carbonyl (C=O) groups excluding carboxylic acids is 1. The second kappa shape index (κ2) is 9.21. The summed E-state index contributed by atoms with van der Waals surface area (Å²) in [7, 11) is 0. The average Bonchev–Trinajstić information content (AvgIpc) is 3.12. The van der Waals surface area contributed by atoms with Crippen molar-refractivity contribution < 1.29 is 9.72 Å². The summed E-state index contributed by atoms with van der Waals surface area (Å²) in [6.45, 7) is 4.07. The number of anilines is 3. The number of nitro groups is 1. The van der Waals surface area contributed by atoms with Crippen LogP contribution in [0, 0.1) is 24.0 Å². The molecule has 1 aromatic heterocycles. The predicted octanol–water partition coefficient (Wildman–Crippen LogP) is 5.19. The first kappa shape index (κ1) is 21.0. The lowest BCUT2D eigenvalue weighted by Gasteiger charge is -2.08. The quantitative estimate of drug-likeness (QED) is 0.290. The van der Waals surface area contributed by atoms with Crippen LogP contribution < -0.4 is 10.6 Å². The Bertz CT molecular complexity index is 1070. The van der Waals surface area contributed by atoms with E-state index < -0.39 is 4.92 Å². The third-order valence-corrected chi connectivity index (χ3v) is 6.30. The lowest BCUT2D eigenvalue weighted by molar-refractivity contribution is -0.384. The van der Waals surface area contributed by atoms with E-state index in [2.05, 4.69) is 20.8 Å². The first-order valence-corrected chi connectivity index (χ1v) is 10.5. The highest BCUT2D eigenvalue weighted by molar-refractivity contribution is 8.01. The summed E-state index contributed by atoms with van der Waals surface area (Å²) in [5, 5.41) is 25.6. The summed E-state index contributed by atoms with van der Waals surface area (Å²) >= 11 is 8.34. The molecule has 150 valence electrons. The first-order valence-electron chi connectivity index (χ1n) is 8.37. The van der Waals surface area contributed by atoms with Crippen LogP contribution in [0.5, 0.6) is 0 Å². The van der Waals surface area contributed by atoms with Crippen LogP contribution in [0.4, 0.5) is 22.2 Å². The van der Waals surface area contributed by atoms with Gasteiger partial charge in [0.05, 0.1) is 10.7 Å². The average molecular weight is 450 g/mol. The molecule has 0 saturated carbocycles. The van der Waals surface area contributed by atoms with Gasteiger partial charge < -0.3 is 10.6 Å². The highest BCUT2D eigenvalue weighted by atomic mass is 35.5. The van der Waals surface area contributed by atoms with Gasteiger partial charge in [-0.05, 0) is 43.2 Å². The molecule has 0 aliphatic heterocycles. The van der Waals surface area contributed by atoms with Gasteiger partial charge in [-0.3, -0.25) is 14.9 Å². The number of benzene rings is 2. The van der Waals surface area contributed by atoms with Crippen molar-refractivity contribution in [1.82, 2.24) is 10.2 Å². The number of halogens is 1. The van der Waals surface area contributed by atoms with Crippen molar-refractivity contribution >= 4 is 62.8 Å². The number of thioether (sulfide) groups is 1. The second-order valence-corrected chi connectivity index (χ2v) is 8.61. The smallest absolute Gasteiger partial charge is 0.289 e. The van der Waals surface area contributed by atoms with Gasteiger partial charge in [0.2, 0.25) is 11.0 Å². The fourth-order valence-corrected chi connectivity index (χ4v) is 4.13. The molecule has 0 fully saturated rings. The molecule has 0 unspecified atom stereocenters. The van der Waals surface area contributed by atoms with E-state index >= 15 is 0 Å². The Morgan fingerprint density at radius 1 is 1.28 bits per heavy atom. The maximum Gasteiger partial charge on any atom is 0.289 e. The van der Waals surface area contributed by atoms with Gasteiger partial charge in [0.25, 0.3) is 5.69 Å². The number of amides is 1. The molecular weight excluding hydrogens is 434 g/mol. The van der Waals surface area contributed by atoms with Gasteiger partial charge in [0, 0.05) is 17.4 Å². The van der Waals surface area contributed by atoms with Crippen LogP contribution in [-0.2, 0) is 4.79 Å². The molecule has 0 aliphatic carbocycles. The predicted molar refractivity (Wildman–Crippen MR) is 117 cm³/mol. The largest absolute Gasteiger partial charge is 0.330 e. The summed E-state index contributed by atoms with van der Waals surface area (Å²) in [6.07, 6.45) is 0. The minimum Gasteiger partial charge on any atom is -0.330 e. The minimum atomic E-state index is -0.599. The number of nitrogens with one attached hydrogen (secondary N) is 2. The Balaban J connectivity index is 1.57. The van der Waals surface area contributed by atoms with Gasteiger partial charge >= 0.3 is 0 Å². The zero-order chi connectivity index (χ0) is 21.0. The van der Waals surface area contributed by atoms with Crippen molar-refractivity contribution in [2.75, 3.05) is 16.4 Å². The molecule has 0 saturated heterocycles. The molecule has 1 heterocycles. The highest BCUT2D eigenvalue weighted by Crippen LogP contribution is 2.30. The maximum atomic E-state index is 12.1. The van der Waals surface area contributed by atoms with E-state index in [4.69, 9.17) is 11.6 Å². The van der Waals surface area contributed by atoms with Gasteiger partial charge in [-0.2, -0.15) is 0 Å². The van der Waals surface area contributed by atoms with Crippen molar-refractivity contribution in [3.8, 4) is 0 Å². The zero-order valence-corrected chi connectivity index (χ0v) is 17.8. The van der Waals surface area contributed by atoms with E-state index in [-0.39, 0.29) is 22.4 Å². The number of rotatable bonds is 7. The fourth-order valence-electron chi connectivity index (χ4n) is 2.38. The van der Waals surface area contributed by atoms with Crippen LogP contribution in [0.3, 0.4) is 0 Å². The molecule has 3 rings (SSSR count). The van der Waals surface area contributed by atoms with Crippen LogP contribution in [-0.4, -0.2) is 26.8 Å². The molecule has 8 nitrogen and oxygen atoms in total. The summed E-state index contributed by atoms with van der Waals surface area (Å²) in [6, 6.07) is 10.1. The van der Waals surface area contributed by atoms with Crippen LogP contribution in [0.15, 0.2) is 40.7 Å². The van der Waals surface area contributed by atoms with E-state index in [0.717, 1.165) is 11.3 Å². The van der Waals surface area contributed by atoms with E-state index in [1.807, 2.05) is 32.0 Å². The van der Waals surface area contributed by atoms with Gasteiger partial charge in [-0.15, -0.1) is 10.2 Å². The molecule has 0 atom stereocenters. The molecular formula is C18H16ClN5O3S2. The maximum absolute atomic E-state index is 12.1. The lowest BCUT2D eigenvalue weighted by atomic mass is 10.1. The Morgan fingerprint density at radius 3 is 2.83 bits per heavy atom. The van der Waals surface area contributed by atoms with Crippen molar-refractivity contribution in [3.05, 3.63) is 62.7 Å². The van der Waals surface area contributed by atoms with E-state index in [1.165, 1.54) is 46.9 Å². The Labute approximate surface area is 179 Å². The molecule has 3 aromatic rings. The van der Waals surface area contributed by atoms with Crippen LogP contribution in [0.1, 0.15) is 11.1 Å². The normalized spacial score (nSPS) is 10.6. The van der Waals surface area contributed by atoms with Crippen LogP contribution in [0.25, 0.3) is 0 Å². The van der Waals surface area contributed by atoms with Crippen molar-refractivity contribution in [2.24, 2.45) is 0 Å². The number of aromatic nitrogens is 2. The van der Waals surface area contributed by atoms with Crippen LogP contribution in [0.2, 0.25) is 5.02 Å². The second-order valence-electron chi connectivity index (χ2n) is 6.01. The fraction of sp³-hybridized carbons (Fsp3) is 0.167. The minimum absolute atomic E-state index is 0.0140. The third-order valence-electron chi connectivity index (χ3n) is 4.01. The van der Waals surface area contributed by atoms with Crippen LogP contribution >= 0.6 is 34.7 Å². The highest BCUT2D eigenvalue weighted by Gasteiger charge is 2.15. The lowest BCUT2D eigenvalue weighted by Crippen LogP contribution is -2.14. The van der Waals surface area contributed by atoms with Crippen molar-refractivity contribution in [1.29, 1.82) is 0 Å². The molecule has 11 heteroatoms. The molecule has 2 aromatic carbocycles. The summed E-state index contributed by atoms with van der Waals surface area (Å²) in [4.78, 5) is 22.5. The number of aryl methyl sites for hydroxylation is 1. The summed E-state index contributed by atoms with van der Waals surface area (Å²) < 4.78 is 0.634. The molecule has 1 amide bonds. The number of nitro benzene ring substituents is 1. The number of nitrogens with zero attached hydrogens (tertiary/aromatic N) is 3. The van der Waals surface area contributed by atoms with E-state index in [0.29, 0.717) is 15.2 Å². The Hall–Kier alpha value is -2.69.